The van der Waals surface area contributed by atoms with Gasteiger partial charge in [0.05, 0.1) is 36.2 Å². The van der Waals surface area contributed by atoms with Crippen molar-refractivity contribution < 1.29 is 14.6 Å². The quantitative estimate of drug-likeness (QED) is 0.256. The number of benzene rings is 3. The van der Waals surface area contributed by atoms with Gasteiger partial charge in [0.15, 0.2) is 0 Å². The van der Waals surface area contributed by atoms with Gasteiger partial charge in [0.2, 0.25) is 0 Å². The number of carbonyl (C=O) groups is 1. The van der Waals surface area contributed by atoms with Crippen LogP contribution in [0.3, 0.4) is 0 Å². The lowest BCUT2D eigenvalue weighted by atomic mass is 10.1. The number of anilines is 1. The van der Waals surface area contributed by atoms with E-state index in [1.165, 1.54) is 4.68 Å². The van der Waals surface area contributed by atoms with Crippen LogP contribution in [0, 0.1) is 6.92 Å². The van der Waals surface area contributed by atoms with Gasteiger partial charge in [0.25, 0.3) is 11.5 Å². The highest BCUT2D eigenvalue weighted by Crippen LogP contribution is 2.34. The van der Waals surface area contributed by atoms with Crippen molar-refractivity contribution in [3.63, 3.8) is 0 Å². The first-order valence-electron chi connectivity index (χ1n) is 12.8. The second-order valence-electron chi connectivity index (χ2n) is 10.1. The molecular formula is C31H30N4O4S. The Kier molecular flexibility index (Phi) is 7.51. The number of carbonyl (C=O) groups excluding carboxylic acids is 1. The van der Waals surface area contributed by atoms with E-state index in [-0.39, 0.29) is 12.1 Å². The Morgan fingerprint density at radius 2 is 1.77 bits per heavy atom. The fraction of sp³-hybridized carbons (Fsp3) is 0.194. The van der Waals surface area contributed by atoms with Crippen molar-refractivity contribution in [3.05, 3.63) is 107 Å². The third kappa shape index (κ3) is 5.66. The van der Waals surface area contributed by atoms with Gasteiger partial charge in [0, 0.05) is 33.1 Å². The molecule has 0 aliphatic heterocycles. The standard InChI is InChI=1S/C31H30N4O4S/c1-20-28(30(37)35(22-8-6-5-7-9-22)34(20)19-31(2,3)38)29(36)33-21-10-13-24(14-11-21)40-27-16-17-32-26-18-23(39-4)12-15-25(26)27/h5-18,38H,19H2,1-4H3,(H,33,36). The zero-order valence-corrected chi connectivity index (χ0v) is 23.5. The van der Waals surface area contributed by atoms with Gasteiger partial charge in [-0.2, -0.15) is 0 Å². The van der Waals surface area contributed by atoms with Gasteiger partial charge in [-0.25, -0.2) is 4.68 Å². The average molecular weight is 555 g/mol. The SMILES string of the molecule is COc1ccc2c(Sc3ccc(NC(=O)c4c(C)n(CC(C)(C)O)n(-c5ccccc5)c4=O)cc3)ccnc2c1. The van der Waals surface area contributed by atoms with E-state index in [0.717, 1.165) is 26.4 Å². The topological polar surface area (TPSA) is 98.4 Å². The number of aromatic nitrogens is 3. The lowest BCUT2D eigenvalue weighted by molar-refractivity contribution is 0.0546. The number of pyridine rings is 1. The van der Waals surface area contributed by atoms with Gasteiger partial charge in [-0.15, -0.1) is 0 Å². The summed E-state index contributed by atoms with van der Waals surface area (Å²) in [5.41, 5.74) is 0.994. The summed E-state index contributed by atoms with van der Waals surface area (Å²) >= 11 is 1.59. The van der Waals surface area contributed by atoms with Crippen molar-refractivity contribution in [2.75, 3.05) is 12.4 Å². The van der Waals surface area contributed by atoms with Gasteiger partial charge < -0.3 is 15.2 Å². The Labute approximate surface area is 236 Å². The van der Waals surface area contributed by atoms with E-state index in [0.29, 0.717) is 17.1 Å². The highest BCUT2D eigenvalue weighted by Gasteiger charge is 2.26. The van der Waals surface area contributed by atoms with E-state index in [1.807, 2.05) is 66.7 Å². The molecule has 5 aromatic rings. The molecular weight excluding hydrogens is 524 g/mol. The van der Waals surface area contributed by atoms with E-state index < -0.39 is 17.1 Å². The second-order valence-corrected chi connectivity index (χ2v) is 11.2. The smallest absolute Gasteiger partial charge is 0.284 e. The molecule has 0 bridgehead atoms. The average Bonchev–Trinajstić information content (AvgIpc) is 3.17. The van der Waals surface area contributed by atoms with Gasteiger partial charge >= 0.3 is 0 Å². The molecule has 0 atom stereocenters. The monoisotopic (exact) mass is 554 g/mol. The van der Waals surface area contributed by atoms with Gasteiger partial charge in [-0.3, -0.25) is 19.3 Å². The Hall–Kier alpha value is -4.34. The maximum absolute atomic E-state index is 13.5. The molecule has 2 heterocycles. The highest BCUT2D eigenvalue weighted by molar-refractivity contribution is 7.99. The normalized spacial score (nSPS) is 11.5. The van der Waals surface area contributed by atoms with Crippen molar-refractivity contribution >= 4 is 34.3 Å². The lowest BCUT2D eigenvalue weighted by Gasteiger charge is -2.22. The van der Waals surface area contributed by atoms with Crippen LogP contribution in [-0.2, 0) is 6.54 Å². The summed E-state index contributed by atoms with van der Waals surface area (Å²) in [5.74, 6) is 0.250. The van der Waals surface area contributed by atoms with Crippen molar-refractivity contribution in [2.45, 2.75) is 42.7 Å². The summed E-state index contributed by atoms with van der Waals surface area (Å²) in [6.45, 7) is 5.18. The van der Waals surface area contributed by atoms with Crippen LogP contribution >= 0.6 is 11.8 Å². The fourth-order valence-corrected chi connectivity index (χ4v) is 5.47. The minimum atomic E-state index is -1.10. The number of methoxy groups -OCH3 is 1. The predicted molar refractivity (Wildman–Crippen MR) is 158 cm³/mol. The number of aliphatic hydroxyl groups is 1. The van der Waals surface area contributed by atoms with Crippen molar-refractivity contribution in [1.82, 2.24) is 14.3 Å². The molecule has 1 amide bonds. The molecule has 0 aliphatic carbocycles. The molecule has 0 saturated carbocycles. The molecule has 204 valence electrons. The zero-order valence-electron chi connectivity index (χ0n) is 22.7. The summed E-state index contributed by atoms with van der Waals surface area (Å²) in [6, 6.07) is 24.3. The first-order valence-corrected chi connectivity index (χ1v) is 13.6. The molecule has 5 rings (SSSR count). The van der Waals surface area contributed by atoms with Crippen LogP contribution in [0.25, 0.3) is 16.6 Å². The van der Waals surface area contributed by atoms with Crippen molar-refractivity contribution in [1.29, 1.82) is 0 Å². The van der Waals surface area contributed by atoms with Crippen LogP contribution in [0.5, 0.6) is 5.75 Å². The summed E-state index contributed by atoms with van der Waals surface area (Å²) in [4.78, 5) is 33.4. The molecule has 8 nitrogen and oxygen atoms in total. The number of rotatable bonds is 8. The van der Waals surface area contributed by atoms with E-state index in [2.05, 4.69) is 10.3 Å². The zero-order chi connectivity index (χ0) is 28.4. The summed E-state index contributed by atoms with van der Waals surface area (Å²) in [7, 11) is 1.63. The first kappa shape index (κ1) is 27.2. The summed E-state index contributed by atoms with van der Waals surface area (Å²) < 4.78 is 8.40. The van der Waals surface area contributed by atoms with Crippen LogP contribution < -0.4 is 15.6 Å². The van der Waals surface area contributed by atoms with Crippen LogP contribution in [0.15, 0.2) is 99.6 Å². The molecule has 9 heteroatoms. The van der Waals surface area contributed by atoms with E-state index in [9.17, 15) is 14.7 Å². The van der Waals surface area contributed by atoms with E-state index >= 15 is 0 Å². The van der Waals surface area contributed by atoms with Gasteiger partial charge in [-0.05, 0) is 75.4 Å². The minimum absolute atomic E-state index is 0.0326. The number of fused-ring (bicyclic) bond motifs is 1. The number of nitrogens with zero attached hydrogens (tertiary/aromatic N) is 3. The van der Waals surface area contributed by atoms with E-state index in [4.69, 9.17) is 4.74 Å². The molecule has 40 heavy (non-hydrogen) atoms. The van der Waals surface area contributed by atoms with Crippen LogP contribution in [-0.4, -0.2) is 38.1 Å². The third-order valence-corrected chi connectivity index (χ3v) is 7.49. The molecule has 0 radical (unpaired) electrons. The number of amides is 1. The first-order chi connectivity index (χ1) is 19.1. The number of hydrogen-bond donors (Lipinski definition) is 2. The molecule has 0 aliphatic rings. The van der Waals surface area contributed by atoms with Gasteiger partial charge in [0.1, 0.15) is 11.3 Å². The summed E-state index contributed by atoms with van der Waals surface area (Å²) in [5, 5.41) is 14.4. The predicted octanol–water partition coefficient (Wildman–Crippen LogP) is 5.68. The Morgan fingerprint density at radius 1 is 1.05 bits per heavy atom. The number of nitrogens with one attached hydrogen (secondary N) is 1. The molecule has 2 N–H and O–H groups in total. The van der Waals surface area contributed by atoms with Crippen LogP contribution in [0.1, 0.15) is 29.9 Å². The Bertz CT molecular complexity index is 1740. The van der Waals surface area contributed by atoms with Crippen molar-refractivity contribution in [2.24, 2.45) is 0 Å². The molecule has 3 aromatic carbocycles. The van der Waals surface area contributed by atoms with Gasteiger partial charge in [-0.1, -0.05) is 30.0 Å². The largest absolute Gasteiger partial charge is 0.497 e. The molecule has 0 unspecified atom stereocenters. The number of ether oxygens (including phenoxy) is 1. The molecule has 0 spiro atoms. The number of hydrogen-bond acceptors (Lipinski definition) is 6. The Morgan fingerprint density at radius 3 is 2.45 bits per heavy atom. The minimum Gasteiger partial charge on any atom is -0.497 e. The van der Waals surface area contributed by atoms with Crippen LogP contribution in [0.2, 0.25) is 0 Å². The van der Waals surface area contributed by atoms with E-state index in [1.54, 1.807) is 62.7 Å². The maximum Gasteiger partial charge on any atom is 0.284 e. The Balaban J connectivity index is 1.40. The molecule has 2 aromatic heterocycles. The molecule has 0 fully saturated rings. The molecule has 0 saturated heterocycles. The maximum atomic E-state index is 13.5. The fourth-order valence-electron chi connectivity index (χ4n) is 4.54. The summed E-state index contributed by atoms with van der Waals surface area (Å²) in [6.07, 6.45) is 1.77. The van der Waals surface area contributed by atoms with Crippen LogP contribution in [0.4, 0.5) is 5.69 Å². The highest BCUT2D eigenvalue weighted by atomic mass is 32.2. The number of para-hydroxylation sites is 1. The van der Waals surface area contributed by atoms with Crippen molar-refractivity contribution in [3.8, 4) is 11.4 Å². The lowest BCUT2D eigenvalue weighted by Crippen LogP contribution is -2.32. The second kappa shape index (κ2) is 11.0. The third-order valence-electron chi connectivity index (χ3n) is 6.41.